The number of halogens is 1. The summed E-state index contributed by atoms with van der Waals surface area (Å²) in [4.78, 5) is 17.7. The number of carbonyl (C=O) groups excluding carboxylic acids is 1. The zero-order valence-electron chi connectivity index (χ0n) is 14.9. The van der Waals surface area contributed by atoms with Gasteiger partial charge in [-0.3, -0.25) is 9.20 Å². The predicted octanol–water partition coefficient (Wildman–Crippen LogP) is 3.45. The molecule has 4 aromatic rings. The summed E-state index contributed by atoms with van der Waals surface area (Å²) in [6.07, 6.45) is 5.75. The number of nitrogens with one attached hydrogen (secondary N) is 1. The Labute approximate surface area is 159 Å². The molecule has 1 N–H and O–H groups in total. The predicted molar refractivity (Wildman–Crippen MR) is 102 cm³/mol. The minimum atomic E-state index is -0.288. The van der Waals surface area contributed by atoms with Crippen molar-refractivity contribution in [1.82, 2.24) is 24.5 Å². The van der Waals surface area contributed by atoms with Gasteiger partial charge in [-0.1, -0.05) is 0 Å². The van der Waals surface area contributed by atoms with E-state index in [1.165, 1.54) is 23.5 Å². The van der Waals surface area contributed by atoms with Crippen LogP contribution in [0.5, 0.6) is 0 Å². The second-order valence-electron chi connectivity index (χ2n) is 6.36. The molecule has 3 aromatic heterocycles. The Morgan fingerprint density at radius 3 is 2.85 bits per heavy atom. The Morgan fingerprint density at radius 1 is 1.33 bits per heavy atom. The molecule has 0 radical (unpaired) electrons. The van der Waals surface area contributed by atoms with E-state index in [0.717, 1.165) is 27.6 Å². The highest BCUT2D eigenvalue weighted by atomic mass is 32.1. The normalized spacial score (nSPS) is 12.4. The molecule has 0 saturated heterocycles. The molecule has 0 aliphatic rings. The van der Waals surface area contributed by atoms with Crippen LogP contribution >= 0.6 is 11.3 Å². The van der Waals surface area contributed by atoms with Crippen molar-refractivity contribution in [2.24, 2.45) is 0 Å². The third kappa shape index (κ3) is 3.48. The van der Waals surface area contributed by atoms with Crippen molar-refractivity contribution >= 4 is 22.2 Å². The molecule has 4 rings (SSSR count). The minimum absolute atomic E-state index is 0.0952. The molecule has 0 spiro atoms. The standard InChI is InChI=1S/C19H18FN5OS/c1-12(22-18(26)9-15-11-24-7-8-27-19(24)23-15)17-10-21-25(13(17)2)16-5-3-14(20)4-6-16/h3-8,10-12H,9H2,1-2H3,(H,22,26). The maximum Gasteiger partial charge on any atom is 0.226 e. The molecule has 0 fully saturated rings. The fourth-order valence-corrected chi connectivity index (χ4v) is 3.80. The lowest BCUT2D eigenvalue weighted by atomic mass is 10.1. The zero-order valence-corrected chi connectivity index (χ0v) is 15.7. The van der Waals surface area contributed by atoms with Gasteiger partial charge in [-0.15, -0.1) is 11.3 Å². The van der Waals surface area contributed by atoms with E-state index in [1.807, 2.05) is 36.0 Å². The maximum absolute atomic E-state index is 13.1. The Hall–Kier alpha value is -3.00. The molecular formula is C19H18FN5OS. The third-order valence-electron chi connectivity index (χ3n) is 4.45. The van der Waals surface area contributed by atoms with Gasteiger partial charge in [0.25, 0.3) is 0 Å². The second-order valence-corrected chi connectivity index (χ2v) is 7.24. The van der Waals surface area contributed by atoms with Crippen LogP contribution in [-0.2, 0) is 11.2 Å². The van der Waals surface area contributed by atoms with E-state index in [4.69, 9.17) is 0 Å². The van der Waals surface area contributed by atoms with Crippen molar-refractivity contribution in [3.8, 4) is 5.69 Å². The number of imidazole rings is 1. The molecule has 1 amide bonds. The van der Waals surface area contributed by atoms with Crippen molar-refractivity contribution in [2.75, 3.05) is 0 Å². The fraction of sp³-hybridized carbons (Fsp3) is 0.211. The minimum Gasteiger partial charge on any atom is -0.349 e. The van der Waals surface area contributed by atoms with Crippen LogP contribution in [0.1, 0.15) is 29.9 Å². The average molecular weight is 383 g/mol. The van der Waals surface area contributed by atoms with Gasteiger partial charge in [0.2, 0.25) is 5.91 Å². The highest BCUT2D eigenvalue weighted by Crippen LogP contribution is 2.20. The van der Waals surface area contributed by atoms with Crippen LogP contribution in [-0.4, -0.2) is 25.1 Å². The van der Waals surface area contributed by atoms with Gasteiger partial charge >= 0.3 is 0 Å². The summed E-state index contributed by atoms with van der Waals surface area (Å²) in [6.45, 7) is 3.85. The molecule has 1 atom stereocenters. The first-order valence-electron chi connectivity index (χ1n) is 8.52. The molecule has 138 valence electrons. The van der Waals surface area contributed by atoms with Gasteiger partial charge in [0.15, 0.2) is 4.96 Å². The molecule has 0 bridgehead atoms. The van der Waals surface area contributed by atoms with Crippen molar-refractivity contribution in [1.29, 1.82) is 0 Å². The van der Waals surface area contributed by atoms with E-state index < -0.39 is 0 Å². The van der Waals surface area contributed by atoms with Gasteiger partial charge < -0.3 is 5.32 Å². The summed E-state index contributed by atoms with van der Waals surface area (Å²) >= 11 is 1.54. The first-order valence-corrected chi connectivity index (χ1v) is 9.40. The molecule has 6 nitrogen and oxygen atoms in total. The van der Waals surface area contributed by atoms with Crippen molar-refractivity contribution in [2.45, 2.75) is 26.3 Å². The number of carbonyl (C=O) groups is 1. The topological polar surface area (TPSA) is 64.2 Å². The van der Waals surface area contributed by atoms with Crippen LogP contribution in [0.2, 0.25) is 0 Å². The van der Waals surface area contributed by atoms with Gasteiger partial charge in [0, 0.05) is 29.0 Å². The maximum atomic E-state index is 13.1. The van der Waals surface area contributed by atoms with E-state index >= 15 is 0 Å². The Balaban J connectivity index is 1.46. The van der Waals surface area contributed by atoms with Crippen LogP contribution in [0, 0.1) is 12.7 Å². The molecule has 0 aliphatic heterocycles. The van der Waals surface area contributed by atoms with Gasteiger partial charge in [0.05, 0.1) is 30.0 Å². The highest BCUT2D eigenvalue weighted by Gasteiger charge is 2.17. The largest absolute Gasteiger partial charge is 0.349 e. The lowest BCUT2D eigenvalue weighted by molar-refractivity contribution is -0.121. The number of rotatable bonds is 5. The molecule has 0 aliphatic carbocycles. The van der Waals surface area contributed by atoms with E-state index in [-0.39, 0.29) is 24.2 Å². The van der Waals surface area contributed by atoms with Crippen LogP contribution < -0.4 is 5.32 Å². The quantitative estimate of drug-likeness (QED) is 0.574. The smallest absolute Gasteiger partial charge is 0.226 e. The van der Waals surface area contributed by atoms with Gasteiger partial charge in [0.1, 0.15) is 5.82 Å². The number of hydrogen-bond donors (Lipinski definition) is 1. The van der Waals surface area contributed by atoms with Crippen LogP contribution in [0.25, 0.3) is 10.6 Å². The summed E-state index contributed by atoms with van der Waals surface area (Å²) in [5.74, 6) is -0.384. The van der Waals surface area contributed by atoms with Gasteiger partial charge in [-0.05, 0) is 38.1 Å². The lowest BCUT2D eigenvalue weighted by Gasteiger charge is -2.14. The number of benzene rings is 1. The van der Waals surface area contributed by atoms with E-state index in [9.17, 15) is 9.18 Å². The first kappa shape index (κ1) is 17.4. The molecular weight excluding hydrogens is 365 g/mol. The molecule has 1 unspecified atom stereocenters. The number of aromatic nitrogens is 4. The van der Waals surface area contributed by atoms with E-state index in [0.29, 0.717) is 0 Å². The summed E-state index contributed by atoms with van der Waals surface area (Å²) in [5, 5.41) is 9.33. The Morgan fingerprint density at radius 2 is 2.11 bits per heavy atom. The molecule has 0 saturated carbocycles. The summed E-state index contributed by atoms with van der Waals surface area (Å²) in [6, 6.07) is 5.95. The van der Waals surface area contributed by atoms with Crippen LogP contribution in [0.3, 0.4) is 0 Å². The Bertz CT molecular complexity index is 1070. The van der Waals surface area contributed by atoms with Gasteiger partial charge in [-0.25, -0.2) is 14.1 Å². The molecule has 27 heavy (non-hydrogen) atoms. The zero-order chi connectivity index (χ0) is 19.0. The number of thiazole rings is 1. The number of fused-ring (bicyclic) bond motifs is 1. The fourth-order valence-electron chi connectivity index (χ4n) is 3.09. The number of nitrogens with zero attached hydrogens (tertiary/aromatic N) is 4. The van der Waals surface area contributed by atoms with Crippen LogP contribution in [0.15, 0.2) is 48.2 Å². The van der Waals surface area contributed by atoms with E-state index in [2.05, 4.69) is 15.4 Å². The van der Waals surface area contributed by atoms with Crippen molar-refractivity contribution in [3.63, 3.8) is 0 Å². The SMILES string of the molecule is Cc1c(C(C)NC(=O)Cc2cn3ccsc3n2)cnn1-c1ccc(F)cc1. The van der Waals surface area contributed by atoms with E-state index in [1.54, 1.807) is 23.0 Å². The molecule has 3 heterocycles. The lowest BCUT2D eigenvalue weighted by Crippen LogP contribution is -2.28. The van der Waals surface area contributed by atoms with Crippen molar-refractivity contribution in [3.05, 3.63) is 71.0 Å². The second kappa shape index (κ2) is 6.96. The summed E-state index contributed by atoms with van der Waals surface area (Å²) in [5.41, 5.74) is 3.33. The third-order valence-corrected chi connectivity index (χ3v) is 5.22. The molecule has 8 heteroatoms. The van der Waals surface area contributed by atoms with Crippen LogP contribution in [0.4, 0.5) is 4.39 Å². The number of hydrogen-bond acceptors (Lipinski definition) is 4. The monoisotopic (exact) mass is 383 g/mol. The summed E-state index contributed by atoms with van der Waals surface area (Å²) in [7, 11) is 0. The number of amides is 1. The Kier molecular flexibility index (Phi) is 4.49. The highest BCUT2D eigenvalue weighted by molar-refractivity contribution is 7.15. The average Bonchev–Trinajstić information content (AvgIpc) is 3.30. The first-order chi connectivity index (χ1) is 13.0. The molecule has 1 aromatic carbocycles. The summed E-state index contributed by atoms with van der Waals surface area (Å²) < 4.78 is 16.8. The van der Waals surface area contributed by atoms with Crippen molar-refractivity contribution < 1.29 is 9.18 Å². The van der Waals surface area contributed by atoms with Gasteiger partial charge in [-0.2, -0.15) is 5.10 Å².